The first-order valence-electron chi connectivity index (χ1n) is 8.08. The van der Waals surface area contributed by atoms with Crippen molar-refractivity contribution < 1.29 is 9.47 Å². The van der Waals surface area contributed by atoms with Crippen LogP contribution in [0.4, 0.5) is 11.6 Å². The summed E-state index contributed by atoms with van der Waals surface area (Å²) in [6, 6.07) is 13.9. The van der Waals surface area contributed by atoms with Gasteiger partial charge in [0.25, 0.3) is 0 Å². The molecular weight excluding hydrogens is 350 g/mol. The van der Waals surface area contributed by atoms with Gasteiger partial charge in [0, 0.05) is 11.8 Å². The molecule has 8 heteroatoms. The van der Waals surface area contributed by atoms with E-state index < -0.39 is 0 Å². The van der Waals surface area contributed by atoms with Gasteiger partial charge in [-0.15, -0.1) is 5.10 Å². The Morgan fingerprint density at radius 3 is 2.77 bits per heavy atom. The molecule has 1 aliphatic heterocycles. The van der Waals surface area contributed by atoms with Crippen molar-refractivity contribution in [2.45, 2.75) is 13.5 Å². The zero-order valence-electron chi connectivity index (χ0n) is 14.1. The van der Waals surface area contributed by atoms with Crippen LogP contribution in [-0.2, 0) is 6.54 Å². The third-order valence-corrected chi connectivity index (χ3v) is 4.06. The predicted molar refractivity (Wildman–Crippen MR) is 103 cm³/mol. The molecule has 2 aromatic carbocycles. The Morgan fingerprint density at radius 2 is 1.92 bits per heavy atom. The van der Waals surface area contributed by atoms with Gasteiger partial charge in [-0.1, -0.05) is 29.8 Å². The van der Waals surface area contributed by atoms with E-state index >= 15 is 0 Å². The Morgan fingerprint density at radius 1 is 1.12 bits per heavy atom. The topological polar surface area (TPSA) is 73.2 Å². The average molecular weight is 367 g/mol. The summed E-state index contributed by atoms with van der Waals surface area (Å²) < 4.78 is 12.4. The standard InChI is InChI=1S/C18H17N5O2S/c1-12-2-4-13(5-3-12)9-23-10-19-17(22-23)21-18(26)20-14-6-7-15-16(8-14)25-11-24-15/h2-8,10H,9,11H2,1H3,(H2,20,21,22,26). The highest BCUT2D eigenvalue weighted by atomic mass is 32.1. The van der Waals surface area contributed by atoms with Crippen molar-refractivity contribution in [3.63, 3.8) is 0 Å². The maximum absolute atomic E-state index is 5.35. The van der Waals surface area contributed by atoms with Crippen molar-refractivity contribution in [1.82, 2.24) is 14.8 Å². The highest BCUT2D eigenvalue weighted by Crippen LogP contribution is 2.34. The van der Waals surface area contributed by atoms with Crippen LogP contribution in [-0.4, -0.2) is 26.7 Å². The van der Waals surface area contributed by atoms with Crippen molar-refractivity contribution in [2.75, 3.05) is 17.4 Å². The number of fused-ring (bicyclic) bond motifs is 1. The number of aryl methyl sites for hydroxylation is 1. The minimum absolute atomic E-state index is 0.240. The number of thiocarbonyl (C=S) groups is 1. The second kappa shape index (κ2) is 7.01. The van der Waals surface area contributed by atoms with E-state index in [1.165, 1.54) is 5.56 Å². The maximum atomic E-state index is 5.35. The number of ether oxygens (including phenoxy) is 2. The van der Waals surface area contributed by atoms with Gasteiger partial charge < -0.3 is 14.8 Å². The van der Waals surface area contributed by atoms with Crippen LogP contribution in [0.15, 0.2) is 48.8 Å². The molecular formula is C18H17N5O2S. The molecule has 1 aliphatic rings. The van der Waals surface area contributed by atoms with Crippen LogP contribution in [0.25, 0.3) is 0 Å². The van der Waals surface area contributed by atoms with Crippen LogP contribution < -0.4 is 20.1 Å². The third kappa shape index (κ3) is 3.75. The van der Waals surface area contributed by atoms with Gasteiger partial charge in [-0.2, -0.15) is 0 Å². The minimum Gasteiger partial charge on any atom is -0.454 e. The van der Waals surface area contributed by atoms with Crippen molar-refractivity contribution in [3.8, 4) is 11.5 Å². The minimum atomic E-state index is 0.240. The first kappa shape index (κ1) is 16.3. The highest BCUT2D eigenvalue weighted by Gasteiger charge is 2.13. The van der Waals surface area contributed by atoms with E-state index in [-0.39, 0.29) is 6.79 Å². The van der Waals surface area contributed by atoms with Gasteiger partial charge in [-0.05, 0) is 36.8 Å². The third-order valence-electron chi connectivity index (χ3n) is 3.86. The number of hydrogen-bond donors (Lipinski definition) is 2. The van der Waals surface area contributed by atoms with Crippen LogP contribution in [0.5, 0.6) is 11.5 Å². The monoisotopic (exact) mass is 367 g/mol. The number of nitrogens with zero attached hydrogens (tertiary/aromatic N) is 3. The molecule has 132 valence electrons. The summed E-state index contributed by atoms with van der Waals surface area (Å²) in [5, 5.41) is 10.8. The fraction of sp³-hybridized carbons (Fsp3) is 0.167. The largest absolute Gasteiger partial charge is 0.454 e. The number of nitrogens with one attached hydrogen (secondary N) is 2. The van der Waals surface area contributed by atoms with E-state index in [0.717, 1.165) is 17.0 Å². The number of anilines is 2. The summed E-state index contributed by atoms with van der Waals surface area (Å²) in [4.78, 5) is 4.24. The van der Waals surface area contributed by atoms with Gasteiger partial charge in [0.05, 0.1) is 6.54 Å². The molecule has 7 nitrogen and oxygen atoms in total. The molecule has 0 saturated heterocycles. The quantitative estimate of drug-likeness (QED) is 0.686. The lowest BCUT2D eigenvalue weighted by molar-refractivity contribution is 0.174. The molecule has 0 spiro atoms. The van der Waals surface area contributed by atoms with Crippen molar-refractivity contribution in [3.05, 3.63) is 59.9 Å². The van der Waals surface area contributed by atoms with Crippen LogP contribution in [0, 0.1) is 6.92 Å². The zero-order valence-corrected chi connectivity index (χ0v) is 14.9. The summed E-state index contributed by atoms with van der Waals surface area (Å²) in [5.41, 5.74) is 3.19. The van der Waals surface area contributed by atoms with Crippen molar-refractivity contribution >= 4 is 29.0 Å². The van der Waals surface area contributed by atoms with Gasteiger partial charge in [-0.25, -0.2) is 9.67 Å². The number of benzene rings is 2. The number of aromatic nitrogens is 3. The summed E-state index contributed by atoms with van der Waals surface area (Å²) in [5.74, 6) is 1.86. The fourth-order valence-corrected chi connectivity index (χ4v) is 2.76. The van der Waals surface area contributed by atoms with Crippen LogP contribution in [0.1, 0.15) is 11.1 Å². The molecule has 0 amide bonds. The molecule has 3 aromatic rings. The number of hydrogen-bond acceptors (Lipinski definition) is 5. The smallest absolute Gasteiger partial charge is 0.248 e. The molecule has 0 saturated carbocycles. The van der Waals surface area contributed by atoms with E-state index in [4.69, 9.17) is 21.7 Å². The molecule has 4 rings (SSSR count). The lowest BCUT2D eigenvalue weighted by atomic mass is 10.1. The summed E-state index contributed by atoms with van der Waals surface area (Å²) >= 11 is 5.32. The Labute approximate surface area is 156 Å². The van der Waals surface area contributed by atoms with E-state index in [1.54, 1.807) is 11.0 Å². The van der Waals surface area contributed by atoms with Crippen molar-refractivity contribution in [2.24, 2.45) is 0 Å². The Hall–Kier alpha value is -3.13. The second-order valence-electron chi connectivity index (χ2n) is 5.90. The first-order valence-corrected chi connectivity index (χ1v) is 8.49. The van der Waals surface area contributed by atoms with Crippen LogP contribution in [0.2, 0.25) is 0 Å². The molecule has 0 radical (unpaired) electrons. The number of rotatable bonds is 4. The van der Waals surface area contributed by atoms with E-state index in [0.29, 0.717) is 23.4 Å². The molecule has 0 fully saturated rings. The molecule has 2 heterocycles. The van der Waals surface area contributed by atoms with E-state index in [2.05, 4.69) is 51.9 Å². The Bertz CT molecular complexity index is 939. The average Bonchev–Trinajstić information content (AvgIpc) is 3.25. The lowest BCUT2D eigenvalue weighted by Gasteiger charge is -2.08. The molecule has 0 unspecified atom stereocenters. The van der Waals surface area contributed by atoms with Gasteiger partial charge in [0.15, 0.2) is 16.6 Å². The van der Waals surface area contributed by atoms with E-state index in [1.807, 2.05) is 18.2 Å². The predicted octanol–water partition coefficient (Wildman–Crippen LogP) is 3.17. The molecule has 0 aliphatic carbocycles. The molecule has 1 aromatic heterocycles. The molecule has 0 bridgehead atoms. The Balaban J connectivity index is 1.36. The zero-order chi connectivity index (χ0) is 17.9. The van der Waals surface area contributed by atoms with Gasteiger partial charge >= 0.3 is 0 Å². The Kier molecular flexibility index (Phi) is 4.40. The van der Waals surface area contributed by atoms with Gasteiger partial charge in [0.2, 0.25) is 12.7 Å². The summed E-state index contributed by atoms with van der Waals surface area (Å²) in [7, 11) is 0. The fourth-order valence-electron chi connectivity index (χ4n) is 2.55. The second-order valence-corrected chi connectivity index (χ2v) is 6.31. The summed E-state index contributed by atoms with van der Waals surface area (Å²) in [6.07, 6.45) is 1.67. The van der Waals surface area contributed by atoms with E-state index in [9.17, 15) is 0 Å². The molecule has 2 N–H and O–H groups in total. The highest BCUT2D eigenvalue weighted by molar-refractivity contribution is 7.80. The van der Waals surface area contributed by atoms with Crippen molar-refractivity contribution in [1.29, 1.82) is 0 Å². The van der Waals surface area contributed by atoms with Crippen LogP contribution >= 0.6 is 12.2 Å². The first-order chi connectivity index (χ1) is 12.7. The van der Waals surface area contributed by atoms with Crippen LogP contribution in [0.3, 0.4) is 0 Å². The summed E-state index contributed by atoms with van der Waals surface area (Å²) in [6.45, 7) is 2.95. The SMILES string of the molecule is Cc1ccc(Cn2cnc(NC(=S)Nc3ccc4c(c3)OCO4)n2)cc1. The molecule has 0 atom stereocenters. The molecule has 26 heavy (non-hydrogen) atoms. The van der Waals surface area contributed by atoms with Gasteiger partial charge in [-0.3, -0.25) is 5.32 Å². The maximum Gasteiger partial charge on any atom is 0.248 e. The van der Waals surface area contributed by atoms with Gasteiger partial charge in [0.1, 0.15) is 6.33 Å². The lowest BCUT2D eigenvalue weighted by Crippen LogP contribution is -2.20. The normalized spacial score (nSPS) is 12.0.